The molecule has 0 spiro atoms. The van der Waals surface area contributed by atoms with Gasteiger partial charge < -0.3 is 5.32 Å². The average Bonchev–Trinajstić information content (AvgIpc) is 3.00. The number of pyridine rings is 2. The van der Waals surface area contributed by atoms with Gasteiger partial charge in [0.05, 0.1) is 0 Å². The third-order valence-corrected chi connectivity index (χ3v) is 2.77. The molecule has 0 unspecified atom stereocenters. The van der Waals surface area contributed by atoms with Crippen molar-refractivity contribution in [1.82, 2.24) is 19.5 Å². The van der Waals surface area contributed by atoms with E-state index in [-0.39, 0.29) is 0 Å². The topological polar surface area (TPSA) is 55.6 Å². The van der Waals surface area contributed by atoms with E-state index in [4.69, 9.17) is 0 Å². The molecule has 0 saturated heterocycles. The smallest absolute Gasteiger partial charge is 0.214 e. The first kappa shape index (κ1) is 12.3. The molecule has 3 aromatic heterocycles. The van der Waals surface area contributed by atoms with Crippen molar-refractivity contribution in [2.24, 2.45) is 0 Å². The highest BCUT2D eigenvalue weighted by atomic mass is 19.1. The van der Waals surface area contributed by atoms with Crippen molar-refractivity contribution in [2.45, 2.75) is 6.54 Å². The molecule has 0 fully saturated rings. The van der Waals surface area contributed by atoms with E-state index < -0.39 is 5.95 Å². The highest BCUT2D eigenvalue weighted by Crippen LogP contribution is 2.10. The van der Waals surface area contributed by atoms with Crippen molar-refractivity contribution in [3.63, 3.8) is 0 Å². The second kappa shape index (κ2) is 5.48. The quantitative estimate of drug-likeness (QED) is 0.739. The second-order valence-electron chi connectivity index (χ2n) is 4.19. The molecule has 0 amide bonds. The van der Waals surface area contributed by atoms with Gasteiger partial charge in [-0.25, -0.2) is 15.0 Å². The fourth-order valence-corrected chi connectivity index (χ4v) is 1.81. The largest absolute Gasteiger partial charge is 0.366 e. The fraction of sp³-hybridized carbons (Fsp3) is 0.0714. The summed E-state index contributed by atoms with van der Waals surface area (Å²) in [6, 6.07) is 8.49. The van der Waals surface area contributed by atoms with Crippen molar-refractivity contribution in [3.8, 4) is 5.82 Å². The molecule has 0 aliphatic carbocycles. The molecule has 100 valence electrons. The van der Waals surface area contributed by atoms with Crippen LogP contribution in [-0.2, 0) is 6.54 Å². The first-order chi connectivity index (χ1) is 9.81. The van der Waals surface area contributed by atoms with Crippen LogP contribution >= 0.6 is 0 Å². The molecule has 3 aromatic rings. The van der Waals surface area contributed by atoms with Gasteiger partial charge in [-0.15, -0.1) is 0 Å². The highest BCUT2D eigenvalue weighted by Gasteiger charge is 2.01. The van der Waals surface area contributed by atoms with Crippen molar-refractivity contribution < 1.29 is 4.39 Å². The van der Waals surface area contributed by atoms with Crippen LogP contribution in [-0.4, -0.2) is 19.5 Å². The Labute approximate surface area is 115 Å². The van der Waals surface area contributed by atoms with Crippen LogP contribution in [0.5, 0.6) is 0 Å². The summed E-state index contributed by atoms with van der Waals surface area (Å²) in [5.41, 5.74) is 1.02. The first-order valence-corrected chi connectivity index (χ1v) is 6.11. The molecule has 0 aromatic carbocycles. The van der Waals surface area contributed by atoms with Crippen LogP contribution in [0, 0.1) is 5.95 Å². The minimum absolute atomic E-state index is 0.496. The summed E-state index contributed by atoms with van der Waals surface area (Å²) in [5.74, 6) is 0.795. The molecule has 0 saturated carbocycles. The van der Waals surface area contributed by atoms with Crippen LogP contribution < -0.4 is 5.32 Å². The fourth-order valence-electron chi connectivity index (χ4n) is 1.81. The second-order valence-corrected chi connectivity index (χ2v) is 4.19. The van der Waals surface area contributed by atoms with Gasteiger partial charge in [-0.1, -0.05) is 6.07 Å². The van der Waals surface area contributed by atoms with Gasteiger partial charge in [-0.05, 0) is 29.8 Å². The van der Waals surface area contributed by atoms with Crippen LogP contribution in [0.2, 0.25) is 0 Å². The summed E-state index contributed by atoms with van der Waals surface area (Å²) in [7, 11) is 0. The third kappa shape index (κ3) is 2.80. The van der Waals surface area contributed by atoms with E-state index >= 15 is 0 Å². The van der Waals surface area contributed by atoms with Gasteiger partial charge in [-0.2, -0.15) is 4.39 Å². The van der Waals surface area contributed by atoms with E-state index in [0.717, 1.165) is 11.4 Å². The van der Waals surface area contributed by atoms with E-state index in [1.165, 1.54) is 6.07 Å². The van der Waals surface area contributed by atoms with Crippen molar-refractivity contribution in [2.75, 3.05) is 5.32 Å². The molecule has 5 nitrogen and oxygen atoms in total. The van der Waals surface area contributed by atoms with Gasteiger partial charge in [0.2, 0.25) is 5.95 Å². The Hall–Kier alpha value is -2.76. The molecular weight excluding hydrogens is 257 g/mol. The monoisotopic (exact) mass is 269 g/mol. The summed E-state index contributed by atoms with van der Waals surface area (Å²) in [6.45, 7) is 0.542. The maximum atomic E-state index is 13.0. The lowest BCUT2D eigenvalue weighted by Gasteiger charge is -2.07. The molecule has 0 atom stereocenters. The predicted molar refractivity (Wildman–Crippen MR) is 72.9 cm³/mol. The molecule has 0 radical (unpaired) electrons. The van der Waals surface area contributed by atoms with Gasteiger partial charge in [0, 0.05) is 25.1 Å². The van der Waals surface area contributed by atoms with Crippen LogP contribution in [0.1, 0.15) is 5.56 Å². The van der Waals surface area contributed by atoms with Crippen LogP contribution in [0.3, 0.4) is 0 Å². The lowest BCUT2D eigenvalue weighted by Crippen LogP contribution is -2.03. The molecule has 3 rings (SSSR count). The van der Waals surface area contributed by atoms with Crippen LogP contribution in [0.4, 0.5) is 10.2 Å². The van der Waals surface area contributed by atoms with Gasteiger partial charge in [-0.3, -0.25) is 4.57 Å². The summed E-state index contributed by atoms with van der Waals surface area (Å²) in [5, 5.41) is 3.07. The minimum Gasteiger partial charge on any atom is -0.366 e. The maximum absolute atomic E-state index is 13.0. The standard InChI is InChI=1S/C14H12FN5/c15-12-2-1-3-13(19-12)18-9-11-4-5-17-14(8-11)20-7-6-16-10-20/h1-8,10H,9H2,(H,18,19). The number of hydrogen-bond acceptors (Lipinski definition) is 4. The van der Waals surface area contributed by atoms with Crippen molar-refractivity contribution in [1.29, 1.82) is 0 Å². The molecular formula is C14H12FN5. The number of nitrogens with zero attached hydrogens (tertiary/aromatic N) is 4. The number of hydrogen-bond donors (Lipinski definition) is 1. The van der Waals surface area contributed by atoms with Crippen molar-refractivity contribution in [3.05, 3.63) is 66.8 Å². The first-order valence-electron chi connectivity index (χ1n) is 6.11. The minimum atomic E-state index is -0.496. The van der Waals surface area contributed by atoms with E-state index in [1.54, 1.807) is 30.9 Å². The SMILES string of the molecule is Fc1cccc(NCc2ccnc(-n3ccnc3)c2)n1. The molecule has 0 bridgehead atoms. The summed E-state index contributed by atoms with van der Waals surface area (Å²) in [4.78, 5) is 12.0. The molecule has 0 aliphatic rings. The zero-order chi connectivity index (χ0) is 13.8. The predicted octanol–water partition coefficient (Wildman–Crippen LogP) is 2.41. The number of anilines is 1. The highest BCUT2D eigenvalue weighted by molar-refractivity contribution is 5.36. The summed E-state index contributed by atoms with van der Waals surface area (Å²) in [6.07, 6.45) is 6.94. The van der Waals surface area contributed by atoms with Crippen LogP contribution in [0.15, 0.2) is 55.2 Å². The molecule has 1 N–H and O–H groups in total. The lowest BCUT2D eigenvalue weighted by atomic mass is 10.2. The zero-order valence-corrected chi connectivity index (χ0v) is 10.6. The van der Waals surface area contributed by atoms with Gasteiger partial charge in [0.1, 0.15) is 18.0 Å². The Kier molecular flexibility index (Phi) is 3.36. The lowest BCUT2D eigenvalue weighted by molar-refractivity contribution is 0.585. The van der Waals surface area contributed by atoms with E-state index in [0.29, 0.717) is 12.4 Å². The van der Waals surface area contributed by atoms with Gasteiger partial charge in [0.15, 0.2) is 0 Å². The van der Waals surface area contributed by atoms with Crippen LogP contribution in [0.25, 0.3) is 5.82 Å². The molecule has 6 heteroatoms. The van der Waals surface area contributed by atoms with E-state index in [9.17, 15) is 4.39 Å². The molecule has 20 heavy (non-hydrogen) atoms. The molecule has 3 heterocycles. The average molecular weight is 269 g/mol. The van der Waals surface area contributed by atoms with E-state index in [1.807, 2.05) is 22.9 Å². The van der Waals surface area contributed by atoms with Gasteiger partial charge >= 0.3 is 0 Å². The number of rotatable bonds is 4. The van der Waals surface area contributed by atoms with Gasteiger partial charge in [0.25, 0.3) is 0 Å². The Morgan fingerprint density at radius 2 is 2.15 bits per heavy atom. The summed E-state index contributed by atoms with van der Waals surface area (Å²) < 4.78 is 14.8. The third-order valence-electron chi connectivity index (χ3n) is 2.77. The Bertz CT molecular complexity index is 696. The number of halogens is 1. The number of aromatic nitrogens is 4. The Morgan fingerprint density at radius 3 is 2.95 bits per heavy atom. The summed E-state index contributed by atoms with van der Waals surface area (Å²) >= 11 is 0. The van der Waals surface area contributed by atoms with Crippen molar-refractivity contribution >= 4 is 5.82 Å². The maximum Gasteiger partial charge on any atom is 0.214 e. The zero-order valence-electron chi connectivity index (χ0n) is 10.6. The number of imidazole rings is 1. The Balaban J connectivity index is 1.73. The normalized spacial score (nSPS) is 10.4. The number of nitrogens with one attached hydrogen (secondary N) is 1. The molecule has 0 aliphatic heterocycles. The van der Waals surface area contributed by atoms with E-state index in [2.05, 4.69) is 20.3 Å². The Morgan fingerprint density at radius 1 is 1.20 bits per heavy atom.